The van der Waals surface area contributed by atoms with E-state index in [1.165, 1.54) is 19.6 Å². The molecule has 0 spiro atoms. The van der Waals surface area contributed by atoms with Crippen LogP contribution in [-0.2, 0) is 32.0 Å². The number of nitrogens with zero attached hydrogens (tertiary/aromatic N) is 4. The Morgan fingerprint density at radius 2 is 0.812 bits per heavy atom. The molecule has 10 heteroatoms. The average molecular weight is 483 g/mol. The molecule has 8 nitrogen and oxygen atoms in total. The van der Waals surface area contributed by atoms with Gasteiger partial charge in [0.2, 0.25) is 23.6 Å². The normalized spacial score (nSPS) is 26.9. The number of amides is 4. The first-order valence-electron chi connectivity index (χ1n) is 10.4. The Labute approximate surface area is 198 Å². The summed E-state index contributed by atoms with van der Waals surface area (Å²) in [5.74, 6) is -0.522. The Hall–Kier alpha value is -2.32. The van der Waals surface area contributed by atoms with Crippen molar-refractivity contribution in [2.24, 2.45) is 0 Å². The molecular weight excluding hydrogens is 455 g/mol. The first kappa shape index (κ1) is 24.3. The molecule has 4 atom stereocenters. The average Bonchev–Trinajstić information content (AvgIpc) is 2.79. The summed E-state index contributed by atoms with van der Waals surface area (Å²) in [5, 5.41) is 0. The van der Waals surface area contributed by atoms with Crippen molar-refractivity contribution in [2.75, 3.05) is 40.0 Å². The second-order valence-electron chi connectivity index (χ2n) is 8.39. The van der Waals surface area contributed by atoms with Crippen LogP contribution in [0.25, 0.3) is 0 Å². The van der Waals surface area contributed by atoms with E-state index >= 15 is 0 Å². The van der Waals surface area contributed by atoms with Gasteiger partial charge in [0.15, 0.2) is 0 Å². The third-order valence-corrected chi connectivity index (χ3v) is 7.16. The highest BCUT2D eigenvalue weighted by Gasteiger charge is 2.43. The van der Waals surface area contributed by atoms with Crippen LogP contribution in [0.4, 0.5) is 0 Å². The van der Waals surface area contributed by atoms with Crippen molar-refractivity contribution < 1.29 is 19.2 Å². The smallest absolute Gasteiger partial charge is 0.247 e. The van der Waals surface area contributed by atoms with Gasteiger partial charge in [-0.3, -0.25) is 19.2 Å². The van der Waals surface area contributed by atoms with Crippen LogP contribution in [0.1, 0.15) is 11.1 Å². The molecule has 0 N–H and O–H groups in total. The lowest BCUT2D eigenvalue weighted by Crippen LogP contribution is -2.63. The van der Waals surface area contributed by atoms with Crippen molar-refractivity contribution in [2.45, 2.75) is 37.0 Å². The number of benzene rings is 1. The summed E-state index contributed by atoms with van der Waals surface area (Å²) >= 11 is 11.7. The van der Waals surface area contributed by atoms with Crippen molar-refractivity contribution >= 4 is 46.8 Å². The summed E-state index contributed by atoms with van der Waals surface area (Å²) in [6.07, 6.45) is 0.753. The molecule has 2 saturated heterocycles. The third kappa shape index (κ3) is 4.30. The number of rotatable bonds is 6. The number of piperazine rings is 2. The molecule has 0 aromatic heterocycles. The fourth-order valence-electron chi connectivity index (χ4n) is 4.26. The van der Waals surface area contributed by atoms with Crippen LogP contribution in [0.3, 0.4) is 0 Å². The number of halogens is 2. The second-order valence-corrected chi connectivity index (χ2v) is 9.01. The molecule has 2 fully saturated rings. The fraction of sp³-hybridized carbons (Fsp3) is 0.545. The zero-order valence-electron chi connectivity index (χ0n) is 18.6. The van der Waals surface area contributed by atoms with Crippen molar-refractivity contribution in [1.29, 1.82) is 0 Å². The molecule has 0 unspecified atom stereocenters. The number of hydrogen-bond donors (Lipinski definition) is 0. The van der Waals surface area contributed by atoms with E-state index in [0.29, 0.717) is 12.8 Å². The van der Waals surface area contributed by atoms with Gasteiger partial charge in [0.1, 0.15) is 24.2 Å². The van der Waals surface area contributed by atoms with E-state index in [1.807, 2.05) is 24.3 Å². The molecule has 2 aliphatic rings. The molecule has 4 amide bonds. The molecule has 0 aliphatic carbocycles. The molecule has 32 heavy (non-hydrogen) atoms. The van der Waals surface area contributed by atoms with Crippen LogP contribution in [0.5, 0.6) is 0 Å². The van der Waals surface area contributed by atoms with Gasteiger partial charge in [-0.1, -0.05) is 24.3 Å². The summed E-state index contributed by atoms with van der Waals surface area (Å²) < 4.78 is 0. The number of carbonyl (C=O) groups is 4. The fourth-order valence-corrected chi connectivity index (χ4v) is 4.94. The highest BCUT2D eigenvalue weighted by atomic mass is 35.5. The highest BCUT2D eigenvalue weighted by molar-refractivity contribution is 6.21. The summed E-state index contributed by atoms with van der Waals surface area (Å²) in [5.41, 5.74) is 1.78. The van der Waals surface area contributed by atoms with Crippen LogP contribution < -0.4 is 0 Å². The van der Waals surface area contributed by atoms with Crippen LogP contribution >= 0.6 is 23.2 Å². The minimum absolute atomic E-state index is 0.0600. The molecule has 1 aromatic rings. The summed E-state index contributed by atoms with van der Waals surface area (Å²) in [7, 11) is 6.44. The van der Waals surface area contributed by atoms with E-state index < -0.39 is 24.2 Å². The molecule has 0 saturated carbocycles. The Bertz CT molecular complexity index is 837. The molecule has 0 radical (unpaired) electrons. The van der Waals surface area contributed by atoms with Gasteiger partial charge < -0.3 is 19.6 Å². The largest absolute Gasteiger partial charge is 0.332 e. The maximum absolute atomic E-state index is 12.8. The van der Waals surface area contributed by atoms with E-state index in [-0.39, 0.29) is 35.4 Å². The van der Waals surface area contributed by atoms with Crippen molar-refractivity contribution in [3.05, 3.63) is 35.4 Å². The second kappa shape index (κ2) is 9.67. The van der Waals surface area contributed by atoms with Crippen LogP contribution in [0, 0.1) is 0 Å². The van der Waals surface area contributed by atoms with Gasteiger partial charge in [-0.15, -0.1) is 23.2 Å². The molecule has 1 aromatic carbocycles. The minimum Gasteiger partial charge on any atom is -0.332 e. The van der Waals surface area contributed by atoms with Crippen molar-refractivity contribution in [3.63, 3.8) is 0 Å². The van der Waals surface area contributed by atoms with Crippen molar-refractivity contribution in [1.82, 2.24) is 19.6 Å². The Balaban J connectivity index is 1.70. The summed E-state index contributed by atoms with van der Waals surface area (Å²) in [6.45, 7) is 0. The maximum atomic E-state index is 12.8. The van der Waals surface area contributed by atoms with Gasteiger partial charge in [0, 0.05) is 41.0 Å². The third-order valence-electron chi connectivity index (χ3n) is 6.57. The Morgan fingerprint density at radius 1 is 0.562 bits per heavy atom. The van der Waals surface area contributed by atoms with Gasteiger partial charge in [-0.2, -0.15) is 0 Å². The molecule has 2 aliphatic heterocycles. The van der Waals surface area contributed by atoms with Crippen molar-refractivity contribution in [3.8, 4) is 0 Å². The number of hydrogen-bond acceptors (Lipinski definition) is 4. The van der Waals surface area contributed by atoms with E-state index in [9.17, 15) is 19.2 Å². The van der Waals surface area contributed by atoms with Gasteiger partial charge in [-0.05, 0) is 11.1 Å². The first-order valence-corrected chi connectivity index (χ1v) is 11.5. The first-order chi connectivity index (χ1) is 15.1. The molecule has 0 bridgehead atoms. The number of carbonyl (C=O) groups excluding carboxylic acids is 4. The monoisotopic (exact) mass is 482 g/mol. The van der Waals surface area contributed by atoms with Crippen LogP contribution in [-0.4, -0.2) is 107 Å². The van der Waals surface area contributed by atoms with Gasteiger partial charge in [0.05, 0.1) is 11.8 Å². The van der Waals surface area contributed by atoms with Gasteiger partial charge in [-0.25, -0.2) is 0 Å². The van der Waals surface area contributed by atoms with E-state index in [4.69, 9.17) is 23.2 Å². The lowest BCUT2D eigenvalue weighted by molar-refractivity contribution is -0.157. The van der Waals surface area contributed by atoms with Crippen LogP contribution in [0.15, 0.2) is 24.3 Å². The molecule has 174 valence electrons. The zero-order valence-corrected chi connectivity index (χ0v) is 20.1. The topological polar surface area (TPSA) is 81.2 Å². The standard InChI is InChI=1S/C22H28Cl2N4O4/c1-25-15(19(29)27(3)17(11-23)21(25)31)9-13-5-7-14(8-6-13)10-16-20(30)28(4)18(12-24)22(32)26(16)2/h5-8,15-18H,9-12H2,1-4H3/t15-,16-,17+,18+/m1/s1. The maximum Gasteiger partial charge on any atom is 0.247 e. The van der Waals surface area contributed by atoms with Crippen LogP contribution in [0.2, 0.25) is 0 Å². The number of likely N-dealkylation sites (N-methyl/N-ethyl adjacent to an activating group) is 4. The summed E-state index contributed by atoms with van der Waals surface area (Å²) in [4.78, 5) is 56.3. The number of alkyl halides is 2. The predicted octanol–water partition coefficient (Wildman–Crippen LogP) is 0.584. The van der Waals surface area contributed by atoms with E-state index in [2.05, 4.69) is 0 Å². The molecule has 2 heterocycles. The summed E-state index contributed by atoms with van der Waals surface area (Å²) in [6, 6.07) is 5.06. The predicted molar refractivity (Wildman–Crippen MR) is 122 cm³/mol. The van der Waals surface area contributed by atoms with Gasteiger partial charge in [0.25, 0.3) is 0 Å². The zero-order chi connectivity index (χ0) is 23.7. The lowest BCUT2D eigenvalue weighted by Gasteiger charge is -2.41. The Kier molecular flexibility index (Phi) is 7.35. The SMILES string of the molecule is CN1C(=O)[C@H](CCl)N(C)C(=O)[C@H]1Cc1ccc(C[C@@H]2C(=O)N(C)[C@@H](CCl)C(=O)N2C)cc1. The molecule has 3 rings (SSSR count). The lowest BCUT2D eigenvalue weighted by atomic mass is 9.96. The van der Waals surface area contributed by atoms with E-state index in [1.54, 1.807) is 28.2 Å². The Morgan fingerprint density at radius 3 is 1.09 bits per heavy atom. The highest BCUT2D eigenvalue weighted by Crippen LogP contribution is 2.22. The quantitative estimate of drug-likeness (QED) is 0.555. The molecular formula is C22H28Cl2N4O4. The minimum atomic E-state index is -0.642. The van der Waals surface area contributed by atoms with E-state index in [0.717, 1.165) is 11.1 Å². The van der Waals surface area contributed by atoms with Gasteiger partial charge >= 0.3 is 0 Å².